The van der Waals surface area contributed by atoms with E-state index in [9.17, 15) is 9.59 Å². The van der Waals surface area contributed by atoms with Crippen LogP contribution in [0.4, 0.5) is 0 Å². The summed E-state index contributed by atoms with van der Waals surface area (Å²) >= 11 is 0. The highest BCUT2D eigenvalue weighted by Gasteiger charge is 2.34. The molecule has 152 valence electrons. The molecule has 1 fully saturated rings. The molecule has 2 aliphatic rings. The number of carbonyl (C=O) groups is 2. The van der Waals surface area contributed by atoms with Gasteiger partial charge in [-0.15, -0.1) is 0 Å². The molecule has 0 radical (unpaired) electrons. The highest BCUT2D eigenvalue weighted by molar-refractivity contribution is 6.21. The van der Waals surface area contributed by atoms with E-state index in [-0.39, 0.29) is 18.4 Å². The normalized spacial score (nSPS) is 20.9. The van der Waals surface area contributed by atoms with Gasteiger partial charge in [0.05, 0.1) is 24.2 Å². The van der Waals surface area contributed by atoms with Gasteiger partial charge in [-0.2, -0.15) is 0 Å². The molecule has 2 amide bonds. The molecule has 1 saturated heterocycles. The zero-order valence-corrected chi connectivity index (χ0v) is 17.1. The van der Waals surface area contributed by atoms with Crippen LogP contribution in [0.5, 0.6) is 0 Å². The van der Waals surface area contributed by atoms with Crippen molar-refractivity contribution in [1.82, 2.24) is 4.90 Å². The van der Waals surface area contributed by atoms with Crippen molar-refractivity contribution in [3.05, 3.63) is 77.4 Å². The standard InChI is InChI=1S/C25H25N3O2/c29-24-22-12-4-5-13-23(22)25(30)28(24)16-7-6-14-26-17-19-27(20-18-26)15-8-11-21-9-2-1-3-10-21/h1-5,8-13H,14-20H2/p+2/b11-8+. The van der Waals surface area contributed by atoms with E-state index in [4.69, 9.17) is 0 Å². The summed E-state index contributed by atoms with van der Waals surface area (Å²) in [5, 5.41) is 0. The van der Waals surface area contributed by atoms with Crippen molar-refractivity contribution >= 4 is 17.9 Å². The minimum absolute atomic E-state index is 0.168. The van der Waals surface area contributed by atoms with Crippen LogP contribution >= 0.6 is 0 Å². The summed E-state index contributed by atoms with van der Waals surface area (Å²) in [6.45, 7) is 6.43. The van der Waals surface area contributed by atoms with Gasteiger partial charge >= 0.3 is 0 Å². The summed E-state index contributed by atoms with van der Waals surface area (Å²) in [7, 11) is 0. The number of carbonyl (C=O) groups excluding carboxylic acids is 2. The first-order valence-electron chi connectivity index (χ1n) is 10.5. The van der Waals surface area contributed by atoms with Crippen LogP contribution in [0, 0.1) is 11.8 Å². The van der Waals surface area contributed by atoms with Gasteiger partial charge in [-0.3, -0.25) is 14.5 Å². The second kappa shape index (κ2) is 9.53. The van der Waals surface area contributed by atoms with Crippen LogP contribution in [0.2, 0.25) is 0 Å². The number of benzene rings is 2. The Hall–Kier alpha value is -3.20. The summed E-state index contributed by atoms with van der Waals surface area (Å²) in [4.78, 5) is 29.0. The molecule has 0 unspecified atom stereocenters. The van der Waals surface area contributed by atoms with E-state index in [2.05, 4.69) is 48.3 Å². The summed E-state index contributed by atoms with van der Waals surface area (Å²) in [6.07, 6.45) is 4.45. The fraction of sp³-hybridized carbons (Fsp3) is 0.280. The van der Waals surface area contributed by atoms with E-state index in [1.54, 1.807) is 29.2 Å². The van der Waals surface area contributed by atoms with Gasteiger partial charge < -0.3 is 9.80 Å². The van der Waals surface area contributed by atoms with Crippen LogP contribution in [-0.4, -0.2) is 62.5 Å². The summed E-state index contributed by atoms with van der Waals surface area (Å²) in [6, 6.07) is 17.3. The van der Waals surface area contributed by atoms with E-state index in [0.29, 0.717) is 11.1 Å². The molecule has 4 rings (SSSR count). The maximum Gasteiger partial charge on any atom is 0.262 e. The molecule has 2 aromatic rings. The van der Waals surface area contributed by atoms with Gasteiger partial charge in [-0.25, -0.2) is 0 Å². The van der Waals surface area contributed by atoms with Gasteiger partial charge in [0.25, 0.3) is 11.8 Å². The minimum atomic E-state index is -0.238. The number of quaternary nitrogens is 2. The van der Waals surface area contributed by atoms with Crippen LogP contribution in [0.25, 0.3) is 6.08 Å². The Morgan fingerprint density at radius 3 is 2.07 bits per heavy atom. The Morgan fingerprint density at radius 1 is 0.800 bits per heavy atom. The van der Waals surface area contributed by atoms with Gasteiger partial charge in [0, 0.05) is 0 Å². The average molecular weight is 402 g/mol. The fourth-order valence-corrected chi connectivity index (χ4v) is 3.97. The monoisotopic (exact) mass is 401 g/mol. The van der Waals surface area contributed by atoms with Crippen LogP contribution in [0.3, 0.4) is 0 Å². The number of hydrogen-bond donors (Lipinski definition) is 2. The van der Waals surface area contributed by atoms with Crippen LogP contribution in [0.1, 0.15) is 26.3 Å². The Morgan fingerprint density at radius 2 is 1.40 bits per heavy atom. The first-order valence-corrected chi connectivity index (χ1v) is 10.5. The third-order valence-corrected chi connectivity index (χ3v) is 5.76. The van der Waals surface area contributed by atoms with E-state index in [1.807, 2.05) is 6.07 Å². The SMILES string of the molecule is O=C1c2ccccc2C(=O)N1CC#CC[NH+]1CC[NH+](C/C=C/c2ccccc2)CC1. The highest BCUT2D eigenvalue weighted by atomic mass is 16.2. The largest absolute Gasteiger partial charge is 0.322 e. The first-order chi connectivity index (χ1) is 14.7. The molecule has 5 nitrogen and oxygen atoms in total. The summed E-state index contributed by atoms with van der Waals surface area (Å²) in [5.74, 6) is 5.73. The van der Waals surface area contributed by atoms with Crippen LogP contribution in [-0.2, 0) is 0 Å². The number of hydrogen-bond acceptors (Lipinski definition) is 2. The predicted molar refractivity (Wildman–Crippen MR) is 116 cm³/mol. The first kappa shape index (κ1) is 20.1. The molecule has 0 aliphatic carbocycles. The maximum atomic E-state index is 12.3. The lowest BCUT2D eigenvalue weighted by Crippen LogP contribution is -3.28. The number of fused-ring (bicyclic) bond motifs is 1. The van der Waals surface area contributed by atoms with Crippen molar-refractivity contribution in [3.8, 4) is 11.8 Å². The van der Waals surface area contributed by atoms with Crippen molar-refractivity contribution in [1.29, 1.82) is 0 Å². The van der Waals surface area contributed by atoms with Crippen molar-refractivity contribution in [3.63, 3.8) is 0 Å². The Kier molecular flexibility index (Phi) is 6.38. The van der Waals surface area contributed by atoms with E-state index < -0.39 is 0 Å². The van der Waals surface area contributed by atoms with Crippen LogP contribution in [0.15, 0.2) is 60.7 Å². The summed E-state index contributed by atoms with van der Waals surface area (Å²) in [5.41, 5.74) is 2.21. The number of amides is 2. The molecule has 2 aromatic carbocycles. The van der Waals surface area contributed by atoms with Gasteiger partial charge in [0.1, 0.15) is 32.7 Å². The number of nitrogens with one attached hydrogen (secondary N) is 2. The maximum absolute atomic E-state index is 12.3. The molecule has 2 heterocycles. The molecule has 0 atom stereocenters. The van der Waals surface area contributed by atoms with Gasteiger partial charge in [0.2, 0.25) is 0 Å². The van der Waals surface area contributed by atoms with Crippen LogP contribution < -0.4 is 9.80 Å². The molecule has 0 saturated carbocycles. The number of piperazine rings is 1. The second-order valence-corrected chi connectivity index (χ2v) is 7.79. The lowest BCUT2D eigenvalue weighted by atomic mass is 10.1. The van der Waals surface area contributed by atoms with E-state index >= 15 is 0 Å². The predicted octanol–water partition coefficient (Wildman–Crippen LogP) is -0.217. The Bertz CT molecular complexity index is 961. The highest BCUT2D eigenvalue weighted by Crippen LogP contribution is 2.21. The zero-order chi connectivity index (χ0) is 20.8. The number of nitrogens with zero attached hydrogens (tertiary/aromatic N) is 1. The lowest BCUT2D eigenvalue weighted by Gasteiger charge is -2.27. The lowest BCUT2D eigenvalue weighted by molar-refractivity contribution is -1.01. The van der Waals surface area contributed by atoms with Gasteiger partial charge in [-0.05, 0) is 29.7 Å². The molecule has 0 spiro atoms. The molecule has 5 heteroatoms. The van der Waals surface area contributed by atoms with E-state index in [0.717, 1.165) is 39.3 Å². The number of rotatable bonds is 5. The second-order valence-electron chi connectivity index (χ2n) is 7.79. The molecule has 2 N–H and O–H groups in total. The molecule has 0 aromatic heterocycles. The quantitative estimate of drug-likeness (QED) is 0.538. The molecular formula is C25H27N3O2+2. The van der Waals surface area contributed by atoms with Crippen molar-refractivity contribution < 1.29 is 19.4 Å². The average Bonchev–Trinajstić information content (AvgIpc) is 3.03. The molecule has 30 heavy (non-hydrogen) atoms. The fourth-order valence-electron chi connectivity index (χ4n) is 3.97. The Labute approximate surface area is 177 Å². The molecule has 2 aliphatic heterocycles. The van der Waals surface area contributed by atoms with E-state index in [1.165, 1.54) is 15.4 Å². The third-order valence-electron chi connectivity index (χ3n) is 5.76. The third kappa shape index (κ3) is 4.68. The van der Waals surface area contributed by atoms with Gasteiger partial charge in [0.15, 0.2) is 0 Å². The molecular weight excluding hydrogens is 374 g/mol. The van der Waals surface area contributed by atoms with Crippen molar-refractivity contribution in [2.75, 3.05) is 45.8 Å². The summed E-state index contributed by atoms with van der Waals surface area (Å²) < 4.78 is 0. The number of imide groups is 1. The zero-order valence-electron chi connectivity index (χ0n) is 17.1. The molecule has 0 bridgehead atoms. The Balaban J connectivity index is 1.19. The van der Waals surface area contributed by atoms with Crippen molar-refractivity contribution in [2.24, 2.45) is 0 Å². The van der Waals surface area contributed by atoms with Gasteiger partial charge in [-0.1, -0.05) is 54.5 Å². The topological polar surface area (TPSA) is 46.3 Å². The smallest absolute Gasteiger partial charge is 0.262 e. The minimum Gasteiger partial charge on any atom is -0.322 e. The van der Waals surface area contributed by atoms with Crippen molar-refractivity contribution in [2.45, 2.75) is 0 Å².